The van der Waals surface area contributed by atoms with Crippen LogP contribution < -0.4 is 5.73 Å². The Bertz CT molecular complexity index is 870. The molecule has 2 heterocycles. The van der Waals surface area contributed by atoms with Crippen LogP contribution in [0.3, 0.4) is 0 Å². The Morgan fingerprint density at radius 3 is 2.47 bits per heavy atom. The average molecular weight is 247 g/mol. The van der Waals surface area contributed by atoms with Gasteiger partial charge in [0.2, 0.25) is 0 Å². The summed E-state index contributed by atoms with van der Waals surface area (Å²) >= 11 is 0. The smallest absolute Gasteiger partial charge is 0.0701 e. The zero-order valence-electron chi connectivity index (χ0n) is 10.3. The number of aromatic nitrogens is 2. The maximum absolute atomic E-state index is 6.19. The number of H-pyrrole nitrogens is 1. The van der Waals surface area contributed by atoms with Gasteiger partial charge in [0.15, 0.2) is 0 Å². The van der Waals surface area contributed by atoms with Crippen molar-refractivity contribution in [3.63, 3.8) is 0 Å². The van der Waals surface area contributed by atoms with E-state index in [0.29, 0.717) is 0 Å². The zero-order valence-corrected chi connectivity index (χ0v) is 10.3. The number of hydrogen-bond donors (Lipinski definition) is 2. The first-order chi connectivity index (χ1) is 9.33. The van der Waals surface area contributed by atoms with E-state index in [1.54, 1.807) is 0 Å². The van der Waals surface area contributed by atoms with Gasteiger partial charge in [-0.15, -0.1) is 0 Å². The number of hydrogen-bond acceptors (Lipinski definition) is 1. The molecule has 0 bridgehead atoms. The number of nitrogens with zero attached hydrogens (tertiary/aromatic N) is 1. The van der Waals surface area contributed by atoms with Gasteiger partial charge in [-0.25, -0.2) is 0 Å². The molecule has 19 heavy (non-hydrogen) atoms. The van der Waals surface area contributed by atoms with Gasteiger partial charge in [0, 0.05) is 34.2 Å². The molecule has 0 atom stereocenters. The number of rotatable bonds is 1. The summed E-state index contributed by atoms with van der Waals surface area (Å²) in [6.07, 6.45) is 4.00. The first-order valence-corrected chi connectivity index (χ1v) is 6.26. The minimum atomic E-state index is 0.786. The lowest BCUT2D eigenvalue weighted by molar-refractivity contribution is 1.09. The maximum Gasteiger partial charge on any atom is 0.0701 e. The van der Waals surface area contributed by atoms with Crippen molar-refractivity contribution in [1.29, 1.82) is 0 Å². The second-order valence-corrected chi connectivity index (χ2v) is 4.72. The molecule has 0 aliphatic carbocycles. The largest absolute Gasteiger partial charge is 0.397 e. The average Bonchev–Trinajstić information content (AvgIpc) is 3.04. The Morgan fingerprint density at radius 1 is 0.842 bits per heavy atom. The van der Waals surface area contributed by atoms with Crippen LogP contribution in [0.15, 0.2) is 60.9 Å². The van der Waals surface area contributed by atoms with E-state index in [1.807, 2.05) is 47.3 Å². The van der Waals surface area contributed by atoms with Crippen molar-refractivity contribution in [3.05, 3.63) is 60.9 Å². The highest BCUT2D eigenvalue weighted by molar-refractivity contribution is 6.09. The number of fused-ring (bicyclic) bond motifs is 3. The zero-order chi connectivity index (χ0) is 12.8. The van der Waals surface area contributed by atoms with E-state index < -0.39 is 0 Å². The predicted molar refractivity (Wildman–Crippen MR) is 79.5 cm³/mol. The van der Waals surface area contributed by atoms with Crippen LogP contribution in [0.2, 0.25) is 0 Å². The molecule has 4 rings (SSSR count). The van der Waals surface area contributed by atoms with Crippen LogP contribution in [0.5, 0.6) is 0 Å². The summed E-state index contributed by atoms with van der Waals surface area (Å²) in [4.78, 5) is 3.44. The van der Waals surface area contributed by atoms with Crippen molar-refractivity contribution in [3.8, 4) is 5.69 Å². The summed E-state index contributed by atoms with van der Waals surface area (Å²) < 4.78 is 2.03. The quantitative estimate of drug-likeness (QED) is 0.495. The summed E-state index contributed by atoms with van der Waals surface area (Å²) in [6.45, 7) is 0. The van der Waals surface area contributed by atoms with Crippen LogP contribution in [0.25, 0.3) is 27.5 Å². The summed E-state index contributed by atoms with van der Waals surface area (Å²) in [5, 5.41) is 2.38. The first-order valence-electron chi connectivity index (χ1n) is 6.26. The van der Waals surface area contributed by atoms with Crippen LogP contribution in [0, 0.1) is 0 Å². The third kappa shape index (κ3) is 1.45. The van der Waals surface area contributed by atoms with Gasteiger partial charge in [-0.2, -0.15) is 0 Å². The molecule has 0 fully saturated rings. The molecule has 0 spiro atoms. The number of nitrogens with one attached hydrogen (secondary N) is 1. The van der Waals surface area contributed by atoms with Crippen molar-refractivity contribution in [2.24, 2.45) is 0 Å². The van der Waals surface area contributed by atoms with Gasteiger partial charge in [-0.3, -0.25) is 0 Å². The van der Waals surface area contributed by atoms with Gasteiger partial charge in [-0.05, 0) is 30.3 Å². The first kappa shape index (κ1) is 10.3. The molecule has 0 aliphatic heterocycles. The summed E-state index contributed by atoms with van der Waals surface area (Å²) in [5.74, 6) is 0. The van der Waals surface area contributed by atoms with E-state index >= 15 is 0 Å². The van der Waals surface area contributed by atoms with Crippen LogP contribution in [-0.4, -0.2) is 9.55 Å². The molecule has 3 heteroatoms. The standard InChI is InChI=1S/C16H13N3/c17-13-9-12-11-5-1-2-6-14(11)18-15(12)10-16(13)19-7-3-4-8-19/h1-10,18H,17H2. The van der Waals surface area contributed by atoms with Crippen molar-refractivity contribution < 1.29 is 0 Å². The van der Waals surface area contributed by atoms with Crippen LogP contribution in [-0.2, 0) is 0 Å². The molecule has 2 aromatic heterocycles. The molecule has 92 valence electrons. The number of anilines is 1. The number of aromatic amines is 1. The van der Waals surface area contributed by atoms with E-state index in [1.165, 1.54) is 10.8 Å². The van der Waals surface area contributed by atoms with Gasteiger partial charge in [-0.1, -0.05) is 18.2 Å². The molecule has 0 amide bonds. The number of benzene rings is 2. The van der Waals surface area contributed by atoms with Gasteiger partial charge in [0.25, 0.3) is 0 Å². The molecule has 3 nitrogen and oxygen atoms in total. The van der Waals surface area contributed by atoms with Crippen LogP contribution in [0.1, 0.15) is 0 Å². The second-order valence-electron chi connectivity index (χ2n) is 4.72. The van der Waals surface area contributed by atoms with Gasteiger partial charge in [0.05, 0.1) is 11.4 Å². The summed E-state index contributed by atoms with van der Waals surface area (Å²) in [7, 11) is 0. The minimum absolute atomic E-state index is 0.786. The van der Waals surface area contributed by atoms with Gasteiger partial charge in [0.1, 0.15) is 0 Å². The Hall–Kier alpha value is -2.68. The predicted octanol–water partition coefficient (Wildman–Crippen LogP) is 3.69. The van der Waals surface area contributed by atoms with Crippen LogP contribution in [0.4, 0.5) is 5.69 Å². The highest BCUT2D eigenvalue weighted by Gasteiger charge is 2.08. The molecular formula is C16H13N3. The molecule has 0 saturated heterocycles. The fraction of sp³-hybridized carbons (Fsp3) is 0. The minimum Gasteiger partial charge on any atom is -0.397 e. The second kappa shape index (κ2) is 3.65. The maximum atomic E-state index is 6.19. The molecule has 0 saturated carbocycles. The summed E-state index contributed by atoms with van der Waals surface area (Å²) in [5.41, 5.74) is 10.2. The molecule has 4 aromatic rings. The van der Waals surface area contributed by atoms with E-state index in [-0.39, 0.29) is 0 Å². The van der Waals surface area contributed by atoms with Gasteiger partial charge < -0.3 is 15.3 Å². The highest BCUT2D eigenvalue weighted by Crippen LogP contribution is 2.30. The van der Waals surface area contributed by atoms with Crippen LogP contribution >= 0.6 is 0 Å². The fourth-order valence-electron chi connectivity index (χ4n) is 2.62. The Morgan fingerprint density at radius 2 is 1.63 bits per heavy atom. The monoisotopic (exact) mass is 247 g/mol. The Kier molecular flexibility index (Phi) is 1.97. The molecule has 0 radical (unpaired) electrons. The fourth-order valence-corrected chi connectivity index (χ4v) is 2.62. The number of nitrogens with two attached hydrogens (primary N) is 1. The lowest BCUT2D eigenvalue weighted by atomic mass is 10.1. The third-order valence-electron chi connectivity index (χ3n) is 3.54. The normalized spacial score (nSPS) is 11.4. The SMILES string of the molecule is Nc1cc2c(cc1-n1cccc1)[nH]c1ccccc12. The lowest BCUT2D eigenvalue weighted by Crippen LogP contribution is -1.96. The molecular weight excluding hydrogens is 234 g/mol. The van der Waals surface area contributed by atoms with Crippen molar-refractivity contribution in [2.75, 3.05) is 5.73 Å². The van der Waals surface area contributed by atoms with Crippen molar-refractivity contribution >= 4 is 27.5 Å². The van der Waals surface area contributed by atoms with E-state index in [9.17, 15) is 0 Å². The van der Waals surface area contributed by atoms with E-state index in [4.69, 9.17) is 5.73 Å². The van der Waals surface area contributed by atoms with Gasteiger partial charge >= 0.3 is 0 Å². The molecule has 0 aliphatic rings. The number of para-hydroxylation sites is 1. The highest BCUT2D eigenvalue weighted by atomic mass is 15.0. The Labute approximate surface area is 110 Å². The Balaban J connectivity index is 2.09. The summed E-state index contributed by atoms with van der Waals surface area (Å²) in [6, 6.07) is 16.4. The van der Waals surface area contributed by atoms with Crippen molar-refractivity contribution in [1.82, 2.24) is 9.55 Å². The van der Waals surface area contributed by atoms with Crippen molar-refractivity contribution in [2.45, 2.75) is 0 Å². The lowest BCUT2D eigenvalue weighted by Gasteiger charge is -2.07. The number of nitrogen functional groups attached to an aromatic ring is 1. The molecule has 3 N–H and O–H groups in total. The molecule has 2 aromatic carbocycles. The van der Waals surface area contributed by atoms with E-state index in [2.05, 4.69) is 23.2 Å². The van der Waals surface area contributed by atoms with E-state index in [0.717, 1.165) is 22.4 Å². The third-order valence-corrected chi connectivity index (χ3v) is 3.54. The molecule has 0 unspecified atom stereocenters. The topological polar surface area (TPSA) is 46.7 Å².